The number of aromatic nitrogens is 2. The minimum absolute atomic E-state index is 0.0168. The lowest BCUT2D eigenvalue weighted by Crippen LogP contribution is -2.56. The summed E-state index contributed by atoms with van der Waals surface area (Å²) in [5, 5.41) is 10.5. The fourth-order valence-corrected chi connectivity index (χ4v) is 3.90. The summed E-state index contributed by atoms with van der Waals surface area (Å²) in [7, 11) is -3.66. The predicted molar refractivity (Wildman–Crippen MR) is 79.6 cm³/mol. The van der Waals surface area contributed by atoms with Crippen LogP contribution in [-0.4, -0.2) is 42.1 Å². The molecular weight excluding hydrogens is 331 g/mol. The Morgan fingerprint density at radius 3 is 2.73 bits per heavy atom. The van der Waals surface area contributed by atoms with Gasteiger partial charge >= 0.3 is 0 Å². The molecule has 22 heavy (non-hydrogen) atoms. The molecule has 1 fully saturated rings. The Morgan fingerprint density at radius 1 is 1.32 bits per heavy atom. The van der Waals surface area contributed by atoms with Crippen molar-refractivity contribution in [3.63, 3.8) is 0 Å². The van der Waals surface area contributed by atoms with Crippen LogP contribution in [0.25, 0.3) is 0 Å². The first-order chi connectivity index (χ1) is 10.5. The van der Waals surface area contributed by atoms with Crippen LogP contribution in [0.4, 0.5) is 10.2 Å². The molecule has 0 aliphatic carbocycles. The highest BCUT2D eigenvalue weighted by Crippen LogP contribution is 2.26. The van der Waals surface area contributed by atoms with Gasteiger partial charge in [-0.1, -0.05) is 11.6 Å². The summed E-state index contributed by atoms with van der Waals surface area (Å²) in [4.78, 5) is -0.0168. The highest BCUT2D eigenvalue weighted by molar-refractivity contribution is 7.89. The summed E-state index contributed by atoms with van der Waals surface area (Å²) in [5.74, 6) is -0.0548. The average Bonchev–Trinajstić information content (AvgIpc) is 2.46. The van der Waals surface area contributed by atoms with Gasteiger partial charge in [-0.3, -0.25) is 0 Å². The molecule has 2 heterocycles. The van der Waals surface area contributed by atoms with Crippen LogP contribution in [0.3, 0.4) is 0 Å². The minimum atomic E-state index is -3.66. The molecule has 116 valence electrons. The maximum atomic E-state index is 13.1. The van der Waals surface area contributed by atoms with Crippen LogP contribution >= 0.6 is 11.6 Å². The smallest absolute Gasteiger partial charge is 0.243 e. The van der Waals surface area contributed by atoms with E-state index in [2.05, 4.69) is 15.5 Å². The molecule has 0 unspecified atom stereocenters. The zero-order valence-corrected chi connectivity index (χ0v) is 12.9. The minimum Gasteiger partial charge on any atom is -0.363 e. The van der Waals surface area contributed by atoms with E-state index in [1.807, 2.05) is 0 Å². The third-order valence-corrected chi connectivity index (χ3v) is 5.42. The maximum Gasteiger partial charge on any atom is 0.243 e. The molecule has 3 rings (SSSR count). The number of nitrogens with zero attached hydrogens (tertiary/aromatic N) is 3. The summed E-state index contributed by atoms with van der Waals surface area (Å²) in [6.45, 7) is 0.599. The van der Waals surface area contributed by atoms with E-state index in [0.717, 1.165) is 12.1 Å². The number of hydrogen-bond donors (Lipinski definition) is 1. The number of anilines is 1. The van der Waals surface area contributed by atoms with Crippen LogP contribution in [0.2, 0.25) is 5.02 Å². The Labute approximate surface area is 132 Å². The summed E-state index contributed by atoms with van der Waals surface area (Å²) in [5.41, 5.74) is 0. The Morgan fingerprint density at radius 2 is 2.09 bits per heavy atom. The topological polar surface area (TPSA) is 75.2 Å². The van der Waals surface area contributed by atoms with Crippen molar-refractivity contribution in [2.24, 2.45) is 0 Å². The highest BCUT2D eigenvalue weighted by Gasteiger charge is 2.37. The van der Waals surface area contributed by atoms with Crippen molar-refractivity contribution in [3.05, 3.63) is 47.4 Å². The van der Waals surface area contributed by atoms with Crippen LogP contribution < -0.4 is 5.32 Å². The SMILES string of the molecule is O=S(=O)(c1ccc(F)c(Cl)c1)N1CC(Nc2cccnn2)C1. The van der Waals surface area contributed by atoms with Crippen molar-refractivity contribution in [2.75, 3.05) is 18.4 Å². The van der Waals surface area contributed by atoms with E-state index in [9.17, 15) is 12.8 Å². The average molecular weight is 343 g/mol. The van der Waals surface area contributed by atoms with E-state index in [4.69, 9.17) is 11.6 Å². The first-order valence-electron chi connectivity index (χ1n) is 6.46. The van der Waals surface area contributed by atoms with Gasteiger partial charge < -0.3 is 5.32 Å². The molecule has 6 nitrogen and oxygen atoms in total. The molecule has 1 aromatic carbocycles. The Bertz CT molecular complexity index is 782. The van der Waals surface area contributed by atoms with Gasteiger partial charge in [0.2, 0.25) is 10.0 Å². The third-order valence-electron chi connectivity index (χ3n) is 3.30. The van der Waals surface area contributed by atoms with E-state index in [1.54, 1.807) is 18.3 Å². The largest absolute Gasteiger partial charge is 0.363 e. The lowest BCUT2D eigenvalue weighted by molar-refractivity contribution is 0.280. The lowest BCUT2D eigenvalue weighted by atomic mass is 10.2. The molecule has 9 heteroatoms. The number of rotatable bonds is 4. The van der Waals surface area contributed by atoms with E-state index in [1.165, 1.54) is 10.4 Å². The van der Waals surface area contributed by atoms with Crippen LogP contribution in [0.1, 0.15) is 0 Å². The number of sulfonamides is 1. The van der Waals surface area contributed by atoms with Crippen molar-refractivity contribution in [2.45, 2.75) is 10.9 Å². The monoisotopic (exact) mass is 342 g/mol. The summed E-state index contributed by atoms with van der Waals surface area (Å²) in [6, 6.07) is 6.83. The summed E-state index contributed by atoms with van der Waals surface area (Å²) >= 11 is 5.64. The van der Waals surface area contributed by atoms with Crippen LogP contribution in [0.5, 0.6) is 0 Å². The molecule has 1 aromatic heterocycles. The number of halogens is 2. The predicted octanol–water partition coefficient (Wildman–Crippen LogP) is 1.75. The zero-order chi connectivity index (χ0) is 15.7. The molecule has 2 aromatic rings. The molecular formula is C13H12ClFN4O2S. The van der Waals surface area contributed by atoms with E-state index in [0.29, 0.717) is 18.9 Å². The maximum absolute atomic E-state index is 13.1. The van der Waals surface area contributed by atoms with Gasteiger partial charge in [-0.15, -0.1) is 5.10 Å². The Balaban J connectivity index is 1.67. The number of hydrogen-bond acceptors (Lipinski definition) is 5. The van der Waals surface area contributed by atoms with Gasteiger partial charge in [-0.25, -0.2) is 12.8 Å². The summed E-state index contributed by atoms with van der Waals surface area (Å²) < 4.78 is 39.2. The van der Waals surface area contributed by atoms with Crippen molar-refractivity contribution < 1.29 is 12.8 Å². The first kappa shape index (κ1) is 15.1. The Kier molecular flexibility index (Phi) is 3.98. The van der Waals surface area contributed by atoms with Crippen molar-refractivity contribution in [1.29, 1.82) is 0 Å². The van der Waals surface area contributed by atoms with Crippen molar-refractivity contribution >= 4 is 27.4 Å². The molecule has 1 saturated heterocycles. The molecule has 0 bridgehead atoms. The van der Waals surface area contributed by atoms with E-state index >= 15 is 0 Å². The second-order valence-electron chi connectivity index (χ2n) is 4.85. The molecule has 0 amide bonds. The first-order valence-corrected chi connectivity index (χ1v) is 8.28. The van der Waals surface area contributed by atoms with Crippen LogP contribution in [0.15, 0.2) is 41.4 Å². The van der Waals surface area contributed by atoms with Gasteiger partial charge in [0.05, 0.1) is 16.0 Å². The van der Waals surface area contributed by atoms with Crippen molar-refractivity contribution in [1.82, 2.24) is 14.5 Å². The highest BCUT2D eigenvalue weighted by atomic mass is 35.5. The van der Waals surface area contributed by atoms with Gasteiger partial charge in [-0.05, 0) is 30.3 Å². The van der Waals surface area contributed by atoms with Crippen LogP contribution in [0, 0.1) is 5.82 Å². The van der Waals surface area contributed by atoms with Gasteiger partial charge in [0.25, 0.3) is 0 Å². The summed E-state index contributed by atoms with van der Waals surface area (Å²) in [6.07, 6.45) is 1.56. The molecule has 1 aliphatic heterocycles. The van der Waals surface area contributed by atoms with Gasteiger partial charge in [0, 0.05) is 19.3 Å². The molecule has 0 radical (unpaired) electrons. The lowest BCUT2D eigenvalue weighted by Gasteiger charge is -2.38. The van der Waals surface area contributed by atoms with E-state index in [-0.39, 0.29) is 16.0 Å². The van der Waals surface area contributed by atoms with Gasteiger partial charge in [-0.2, -0.15) is 9.40 Å². The van der Waals surface area contributed by atoms with Gasteiger partial charge in [0.1, 0.15) is 11.6 Å². The standard InChI is InChI=1S/C13H12ClFN4O2S/c14-11-6-10(3-4-12(11)15)22(20,21)19-7-9(8-19)17-13-2-1-5-16-18-13/h1-6,9H,7-8H2,(H,17,18). The van der Waals surface area contributed by atoms with E-state index < -0.39 is 15.8 Å². The third kappa shape index (κ3) is 2.90. The zero-order valence-electron chi connectivity index (χ0n) is 11.3. The molecule has 0 saturated carbocycles. The Hall–Kier alpha value is -1.77. The van der Waals surface area contributed by atoms with Crippen LogP contribution in [-0.2, 0) is 10.0 Å². The normalized spacial score (nSPS) is 16.3. The molecule has 1 aliphatic rings. The fourth-order valence-electron chi connectivity index (χ4n) is 2.10. The fraction of sp³-hybridized carbons (Fsp3) is 0.231. The second-order valence-corrected chi connectivity index (χ2v) is 7.19. The molecule has 0 atom stereocenters. The number of benzene rings is 1. The van der Waals surface area contributed by atoms with Gasteiger partial charge in [0.15, 0.2) is 0 Å². The quantitative estimate of drug-likeness (QED) is 0.916. The molecule has 1 N–H and O–H groups in total. The number of nitrogens with one attached hydrogen (secondary N) is 1. The van der Waals surface area contributed by atoms with Crippen molar-refractivity contribution in [3.8, 4) is 0 Å². The molecule has 0 spiro atoms. The second kappa shape index (κ2) is 5.79.